The third kappa shape index (κ3) is 4.26. The molecule has 2 rings (SSSR count). The topological polar surface area (TPSA) is 80.3 Å². The molecular formula is C14H12F3NO4S2. The zero-order valence-electron chi connectivity index (χ0n) is 12.2. The van der Waals surface area contributed by atoms with E-state index in [1.54, 1.807) is 0 Å². The first-order valence-electron chi connectivity index (χ1n) is 6.40. The van der Waals surface area contributed by atoms with Crippen molar-refractivity contribution in [3.63, 3.8) is 0 Å². The maximum atomic E-state index is 12.7. The van der Waals surface area contributed by atoms with Crippen molar-refractivity contribution >= 4 is 25.5 Å². The number of hydrogen-bond donors (Lipinski definition) is 1. The lowest BCUT2D eigenvalue weighted by molar-refractivity contribution is -0.137. The summed E-state index contributed by atoms with van der Waals surface area (Å²) in [7, 11) is -7.87. The van der Waals surface area contributed by atoms with Crippen LogP contribution in [-0.4, -0.2) is 23.1 Å². The number of rotatable bonds is 4. The molecule has 0 saturated carbocycles. The summed E-state index contributed by atoms with van der Waals surface area (Å²) in [6, 6.07) is 8.21. The highest BCUT2D eigenvalue weighted by molar-refractivity contribution is 7.93. The summed E-state index contributed by atoms with van der Waals surface area (Å²) in [6.45, 7) is 0. The molecule has 0 unspecified atom stereocenters. The van der Waals surface area contributed by atoms with Gasteiger partial charge in [0.25, 0.3) is 10.0 Å². The molecule has 10 heteroatoms. The van der Waals surface area contributed by atoms with Gasteiger partial charge >= 0.3 is 6.18 Å². The van der Waals surface area contributed by atoms with Crippen molar-refractivity contribution in [2.75, 3.05) is 11.0 Å². The van der Waals surface area contributed by atoms with Gasteiger partial charge in [-0.15, -0.1) is 0 Å². The zero-order chi connectivity index (χ0) is 18.2. The third-order valence-corrected chi connectivity index (χ3v) is 5.48. The van der Waals surface area contributed by atoms with Crippen LogP contribution in [0.25, 0.3) is 0 Å². The number of halogens is 3. The molecule has 0 aliphatic heterocycles. The fourth-order valence-corrected chi connectivity index (χ4v) is 3.68. The number of nitrogens with one attached hydrogen (secondary N) is 1. The molecule has 0 aliphatic carbocycles. The molecule has 130 valence electrons. The first-order valence-corrected chi connectivity index (χ1v) is 9.77. The highest BCUT2D eigenvalue weighted by Gasteiger charge is 2.30. The number of sulfonamides is 1. The normalized spacial score (nSPS) is 12.8. The molecule has 0 fully saturated rings. The van der Waals surface area contributed by atoms with Crippen molar-refractivity contribution in [2.45, 2.75) is 16.0 Å². The number of sulfone groups is 1. The Bertz CT molecular complexity index is 968. The first-order chi connectivity index (χ1) is 10.9. The Morgan fingerprint density at radius 2 is 1.46 bits per heavy atom. The monoisotopic (exact) mass is 379 g/mol. The van der Waals surface area contributed by atoms with Gasteiger partial charge in [0, 0.05) is 11.9 Å². The summed E-state index contributed by atoms with van der Waals surface area (Å²) in [6.07, 6.45) is -3.70. The maximum Gasteiger partial charge on any atom is 0.416 e. The molecule has 0 atom stereocenters. The van der Waals surface area contributed by atoms with E-state index >= 15 is 0 Å². The molecule has 1 N–H and O–H groups in total. The van der Waals surface area contributed by atoms with Crippen LogP contribution in [0.4, 0.5) is 18.9 Å². The van der Waals surface area contributed by atoms with Gasteiger partial charge in [-0.1, -0.05) is 12.1 Å². The largest absolute Gasteiger partial charge is 0.416 e. The minimum Gasteiger partial charge on any atom is -0.280 e. The summed E-state index contributed by atoms with van der Waals surface area (Å²) < 4.78 is 87.5. The Morgan fingerprint density at radius 1 is 0.875 bits per heavy atom. The smallest absolute Gasteiger partial charge is 0.280 e. The molecule has 24 heavy (non-hydrogen) atoms. The molecule has 0 radical (unpaired) electrons. The predicted molar refractivity (Wildman–Crippen MR) is 81.8 cm³/mol. The van der Waals surface area contributed by atoms with Crippen molar-refractivity contribution in [3.8, 4) is 0 Å². The van der Waals surface area contributed by atoms with E-state index in [9.17, 15) is 30.0 Å². The van der Waals surface area contributed by atoms with Crippen molar-refractivity contribution in [1.82, 2.24) is 0 Å². The van der Waals surface area contributed by atoms with Gasteiger partial charge < -0.3 is 0 Å². The molecule has 5 nitrogen and oxygen atoms in total. The standard InChI is InChI=1S/C14H12F3NO4S2/c1-23(19,20)12-6-3-7-13(9-12)24(21,22)18-11-5-2-4-10(8-11)14(15,16)17/h2-9,18H,1H3. The van der Waals surface area contributed by atoms with Crippen LogP contribution in [0.2, 0.25) is 0 Å². The average Bonchev–Trinajstić information content (AvgIpc) is 2.45. The number of alkyl halides is 3. The van der Waals surface area contributed by atoms with Gasteiger partial charge in [0.1, 0.15) is 0 Å². The van der Waals surface area contributed by atoms with Crippen LogP contribution in [0.3, 0.4) is 0 Å². The van der Waals surface area contributed by atoms with Crippen LogP contribution >= 0.6 is 0 Å². The van der Waals surface area contributed by atoms with E-state index in [1.807, 2.05) is 4.72 Å². The van der Waals surface area contributed by atoms with Crippen LogP contribution < -0.4 is 4.72 Å². The molecule has 0 saturated heterocycles. The van der Waals surface area contributed by atoms with E-state index in [0.29, 0.717) is 6.07 Å². The number of benzene rings is 2. The molecule has 0 heterocycles. The van der Waals surface area contributed by atoms with Crippen LogP contribution in [0.1, 0.15) is 5.56 Å². The molecule has 0 amide bonds. The summed E-state index contributed by atoms with van der Waals surface area (Å²) in [5.74, 6) is 0. The minimum absolute atomic E-state index is 0.214. The Balaban J connectivity index is 2.40. The highest BCUT2D eigenvalue weighted by atomic mass is 32.2. The van der Waals surface area contributed by atoms with Gasteiger partial charge in [-0.25, -0.2) is 16.8 Å². The van der Waals surface area contributed by atoms with Gasteiger partial charge in [0.15, 0.2) is 9.84 Å². The van der Waals surface area contributed by atoms with Crippen molar-refractivity contribution in [3.05, 3.63) is 54.1 Å². The lowest BCUT2D eigenvalue weighted by atomic mass is 10.2. The number of hydrogen-bond acceptors (Lipinski definition) is 4. The lowest BCUT2D eigenvalue weighted by Gasteiger charge is -2.11. The predicted octanol–water partition coefficient (Wildman–Crippen LogP) is 2.91. The Kier molecular flexibility index (Phi) is 4.64. The fourth-order valence-electron chi connectivity index (χ4n) is 1.85. The molecule has 0 aromatic heterocycles. The van der Waals surface area contributed by atoms with Gasteiger partial charge in [-0.05, 0) is 36.4 Å². The van der Waals surface area contributed by atoms with Crippen molar-refractivity contribution in [2.24, 2.45) is 0 Å². The quantitative estimate of drug-likeness (QED) is 0.886. The van der Waals surface area contributed by atoms with E-state index in [2.05, 4.69) is 0 Å². The lowest BCUT2D eigenvalue weighted by Crippen LogP contribution is -2.14. The minimum atomic E-state index is -4.61. The van der Waals surface area contributed by atoms with E-state index in [1.165, 1.54) is 12.1 Å². The molecule has 0 aliphatic rings. The van der Waals surface area contributed by atoms with E-state index in [4.69, 9.17) is 0 Å². The average molecular weight is 379 g/mol. The maximum absolute atomic E-state index is 12.7. The first kappa shape index (κ1) is 18.3. The summed E-state index contributed by atoms with van der Waals surface area (Å²) in [5, 5.41) is 0. The molecule has 0 bridgehead atoms. The second-order valence-corrected chi connectivity index (χ2v) is 8.63. The second-order valence-electron chi connectivity index (χ2n) is 4.93. The molecule has 0 spiro atoms. The van der Waals surface area contributed by atoms with Gasteiger partial charge in [0.2, 0.25) is 0 Å². The molecular weight excluding hydrogens is 367 g/mol. The Labute approximate surface area is 137 Å². The third-order valence-electron chi connectivity index (χ3n) is 2.99. The summed E-state index contributed by atoms with van der Waals surface area (Å²) >= 11 is 0. The zero-order valence-corrected chi connectivity index (χ0v) is 13.8. The van der Waals surface area contributed by atoms with Gasteiger partial charge in [-0.2, -0.15) is 13.2 Å². The van der Waals surface area contributed by atoms with Crippen LogP contribution in [0, 0.1) is 0 Å². The highest BCUT2D eigenvalue weighted by Crippen LogP contribution is 2.31. The van der Waals surface area contributed by atoms with Gasteiger partial charge in [0.05, 0.1) is 15.4 Å². The Morgan fingerprint density at radius 3 is 2.04 bits per heavy atom. The fraction of sp³-hybridized carbons (Fsp3) is 0.143. The van der Waals surface area contributed by atoms with Crippen LogP contribution in [0.15, 0.2) is 58.3 Å². The second kappa shape index (κ2) is 6.10. The van der Waals surface area contributed by atoms with Crippen molar-refractivity contribution < 1.29 is 30.0 Å². The molecule has 2 aromatic rings. The van der Waals surface area contributed by atoms with Gasteiger partial charge in [-0.3, -0.25) is 4.72 Å². The van der Waals surface area contributed by atoms with Crippen LogP contribution in [0.5, 0.6) is 0 Å². The van der Waals surface area contributed by atoms with E-state index < -0.39 is 31.6 Å². The molecule has 2 aromatic carbocycles. The van der Waals surface area contributed by atoms with Crippen LogP contribution in [-0.2, 0) is 26.0 Å². The summed E-state index contributed by atoms with van der Waals surface area (Å²) in [5.41, 5.74) is -1.29. The Hall–Kier alpha value is -2.07. The SMILES string of the molecule is CS(=O)(=O)c1cccc(S(=O)(=O)Nc2cccc(C(F)(F)F)c2)c1. The number of anilines is 1. The van der Waals surface area contributed by atoms with E-state index in [-0.39, 0.29) is 15.5 Å². The summed E-state index contributed by atoms with van der Waals surface area (Å²) in [4.78, 5) is -0.586. The van der Waals surface area contributed by atoms with E-state index in [0.717, 1.165) is 36.6 Å². The van der Waals surface area contributed by atoms with Crippen molar-refractivity contribution in [1.29, 1.82) is 0 Å².